The van der Waals surface area contributed by atoms with Crippen LogP contribution >= 0.6 is 0 Å². The van der Waals surface area contributed by atoms with Gasteiger partial charge in [-0.25, -0.2) is 9.59 Å². The molecule has 0 heterocycles. The molecule has 0 aliphatic carbocycles. The third-order valence-electron chi connectivity index (χ3n) is 3.33. The van der Waals surface area contributed by atoms with E-state index in [0.29, 0.717) is 11.3 Å². The molecule has 7 nitrogen and oxygen atoms in total. The molecule has 1 aromatic carbocycles. The van der Waals surface area contributed by atoms with Crippen LogP contribution in [0.25, 0.3) is 0 Å². The van der Waals surface area contributed by atoms with Crippen LogP contribution in [0.1, 0.15) is 25.8 Å². The highest BCUT2D eigenvalue weighted by molar-refractivity contribution is 5.93. The summed E-state index contributed by atoms with van der Waals surface area (Å²) in [5.41, 5.74) is 1.25. The van der Waals surface area contributed by atoms with Gasteiger partial charge in [0.1, 0.15) is 6.04 Å². The third-order valence-corrected chi connectivity index (χ3v) is 3.33. The molecule has 2 atom stereocenters. The summed E-state index contributed by atoms with van der Waals surface area (Å²) >= 11 is 0. The van der Waals surface area contributed by atoms with Crippen LogP contribution in [-0.4, -0.2) is 36.6 Å². The molecule has 7 heteroatoms. The number of carbonyl (C=O) groups is 2. The molecule has 0 spiro atoms. The van der Waals surface area contributed by atoms with E-state index >= 15 is 0 Å². The number of urea groups is 1. The Morgan fingerprint density at radius 1 is 1.36 bits per heavy atom. The molecular weight excluding hydrogens is 286 g/mol. The lowest BCUT2D eigenvalue weighted by molar-refractivity contribution is -0.144. The van der Waals surface area contributed by atoms with E-state index in [4.69, 9.17) is 9.94 Å². The quantitative estimate of drug-likeness (QED) is 0.324. The summed E-state index contributed by atoms with van der Waals surface area (Å²) in [6.07, 6.45) is 2.01. The van der Waals surface area contributed by atoms with E-state index in [1.165, 1.54) is 13.3 Å². The third kappa shape index (κ3) is 5.08. The zero-order chi connectivity index (χ0) is 16.5. The Kier molecular flexibility index (Phi) is 6.88. The molecule has 0 bridgehead atoms. The molecule has 1 rings (SSSR count). The first-order valence-electron chi connectivity index (χ1n) is 6.94. The van der Waals surface area contributed by atoms with Crippen molar-refractivity contribution in [2.45, 2.75) is 26.3 Å². The van der Waals surface area contributed by atoms with Gasteiger partial charge in [-0.05, 0) is 23.6 Å². The summed E-state index contributed by atoms with van der Waals surface area (Å²) in [5.74, 6) is -0.514. The molecule has 1 aromatic rings. The Morgan fingerprint density at radius 2 is 2.00 bits per heavy atom. The van der Waals surface area contributed by atoms with E-state index in [-0.39, 0.29) is 5.92 Å². The van der Waals surface area contributed by atoms with Crippen molar-refractivity contribution >= 4 is 23.9 Å². The predicted octanol–water partition coefficient (Wildman–Crippen LogP) is 2.20. The molecular formula is C15H21N3O4. The molecule has 2 unspecified atom stereocenters. The average Bonchev–Trinajstić information content (AvgIpc) is 2.53. The molecule has 0 aliphatic rings. The van der Waals surface area contributed by atoms with E-state index in [9.17, 15) is 9.59 Å². The van der Waals surface area contributed by atoms with Gasteiger partial charge in [-0.1, -0.05) is 37.6 Å². The maximum absolute atomic E-state index is 12.0. The predicted molar refractivity (Wildman–Crippen MR) is 83.2 cm³/mol. The highest BCUT2D eigenvalue weighted by Gasteiger charge is 2.26. The first-order valence-corrected chi connectivity index (χ1v) is 6.94. The van der Waals surface area contributed by atoms with Gasteiger partial charge in [0, 0.05) is 5.69 Å². The van der Waals surface area contributed by atoms with Crippen molar-refractivity contribution in [2.24, 2.45) is 11.1 Å². The van der Waals surface area contributed by atoms with Crippen molar-refractivity contribution in [3.8, 4) is 0 Å². The summed E-state index contributed by atoms with van der Waals surface area (Å²) in [6.45, 7) is 3.80. The molecule has 2 amide bonds. The first kappa shape index (κ1) is 17.5. The molecule has 0 aliphatic heterocycles. The van der Waals surface area contributed by atoms with E-state index in [0.717, 1.165) is 6.42 Å². The zero-order valence-corrected chi connectivity index (χ0v) is 12.9. The second-order valence-corrected chi connectivity index (χ2v) is 4.85. The Labute approximate surface area is 129 Å². The van der Waals surface area contributed by atoms with Crippen LogP contribution in [0.5, 0.6) is 0 Å². The number of rotatable bonds is 6. The lowest BCUT2D eigenvalue weighted by Gasteiger charge is -2.22. The molecule has 0 fully saturated rings. The molecule has 3 N–H and O–H groups in total. The minimum absolute atomic E-state index is 0.0404. The van der Waals surface area contributed by atoms with Crippen LogP contribution in [0, 0.1) is 5.92 Å². The highest BCUT2D eigenvalue weighted by atomic mass is 16.5. The molecule has 0 saturated carbocycles. The molecule has 0 radical (unpaired) electrons. The van der Waals surface area contributed by atoms with Crippen molar-refractivity contribution in [3.63, 3.8) is 0 Å². The van der Waals surface area contributed by atoms with Crippen molar-refractivity contribution in [1.82, 2.24) is 5.32 Å². The number of benzene rings is 1. The number of anilines is 1. The largest absolute Gasteiger partial charge is 0.467 e. The molecule has 120 valence electrons. The van der Waals surface area contributed by atoms with Crippen LogP contribution < -0.4 is 10.6 Å². The van der Waals surface area contributed by atoms with E-state index in [2.05, 4.69) is 15.8 Å². The number of nitrogens with one attached hydrogen (secondary N) is 2. The number of amides is 2. The summed E-state index contributed by atoms with van der Waals surface area (Å²) < 4.78 is 4.71. The van der Waals surface area contributed by atoms with Gasteiger partial charge in [-0.3, -0.25) is 0 Å². The minimum atomic E-state index is -0.698. The number of hydrogen-bond donors (Lipinski definition) is 3. The lowest BCUT2D eigenvalue weighted by Crippen LogP contribution is -2.47. The Balaban J connectivity index is 2.68. The van der Waals surface area contributed by atoms with Crippen LogP contribution in [0.15, 0.2) is 29.4 Å². The maximum atomic E-state index is 12.0. The van der Waals surface area contributed by atoms with E-state index in [1.807, 2.05) is 13.8 Å². The van der Waals surface area contributed by atoms with Crippen LogP contribution in [0.2, 0.25) is 0 Å². The van der Waals surface area contributed by atoms with Crippen molar-refractivity contribution < 1.29 is 19.5 Å². The van der Waals surface area contributed by atoms with Crippen LogP contribution in [-0.2, 0) is 9.53 Å². The zero-order valence-electron chi connectivity index (χ0n) is 12.9. The minimum Gasteiger partial charge on any atom is -0.467 e. The molecule has 22 heavy (non-hydrogen) atoms. The van der Waals surface area contributed by atoms with E-state index < -0.39 is 18.0 Å². The van der Waals surface area contributed by atoms with Crippen molar-refractivity contribution in [2.75, 3.05) is 12.4 Å². The lowest BCUT2D eigenvalue weighted by atomic mass is 9.99. The summed E-state index contributed by atoms with van der Waals surface area (Å²) in [4.78, 5) is 23.7. The number of esters is 1. The second-order valence-electron chi connectivity index (χ2n) is 4.85. The average molecular weight is 307 g/mol. The van der Waals surface area contributed by atoms with Gasteiger partial charge in [0.05, 0.1) is 13.3 Å². The number of methoxy groups -OCH3 is 1. The topological polar surface area (TPSA) is 100 Å². The van der Waals surface area contributed by atoms with Crippen LogP contribution in [0.3, 0.4) is 0 Å². The Hall–Kier alpha value is -2.57. The van der Waals surface area contributed by atoms with Gasteiger partial charge in [-0.15, -0.1) is 0 Å². The van der Waals surface area contributed by atoms with Gasteiger partial charge in [-0.2, -0.15) is 0 Å². The molecule has 0 saturated heterocycles. The summed E-state index contributed by atoms with van der Waals surface area (Å²) in [6, 6.07) is 5.50. The number of ether oxygens (including phenoxy) is 1. The monoisotopic (exact) mass is 307 g/mol. The smallest absolute Gasteiger partial charge is 0.328 e. The SMILES string of the molecule is CCC(C)C(NC(=O)Nc1ccc(C=NO)cc1)C(=O)OC. The van der Waals surface area contributed by atoms with Crippen molar-refractivity contribution in [1.29, 1.82) is 0 Å². The van der Waals surface area contributed by atoms with Gasteiger partial charge >= 0.3 is 12.0 Å². The number of nitrogens with zero attached hydrogens (tertiary/aromatic N) is 1. The normalized spacial score (nSPS) is 13.4. The Bertz CT molecular complexity index is 528. The number of oxime groups is 1. The fourth-order valence-corrected chi connectivity index (χ4v) is 1.82. The Morgan fingerprint density at radius 3 is 2.50 bits per heavy atom. The molecule has 0 aromatic heterocycles. The summed E-state index contributed by atoms with van der Waals surface area (Å²) in [7, 11) is 1.29. The van der Waals surface area contributed by atoms with Crippen LogP contribution in [0.4, 0.5) is 10.5 Å². The van der Waals surface area contributed by atoms with Crippen molar-refractivity contribution in [3.05, 3.63) is 29.8 Å². The van der Waals surface area contributed by atoms with E-state index in [1.54, 1.807) is 24.3 Å². The number of hydrogen-bond acceptors (Lipinski definition) is 5. The standard InChI is InChI=1S/C15H21N3O4/c1-4-10(2)13(14(19)22-3)18-15(20)17-12-7-5-11(6-8-12)9-16-21/h5-10,13,21H,4H2,1-3H3,(H2,17,18,20). The maximum Gasteiger partial charge on any atom is 0.328 e. The van der Waals surface area contributed by atoms with Gasteiger partial charge < -0.3 is 20.6 Å². The fraction of sp³-hybridized carbons (Fsp3) is 0.400. The van der Waals surface area contributed by atoms with Gasteiger partial charge in [0.25, 0.3) is 0 Å². The second kappa shape index (κ2) is 8.66. The van der Waals surface area contributed by atoms with Gasteiger partial charge in [0.2, 0.25) is 0 Å². The highest BCUT2D eigenvalue weighted by Crippen LogP contribution is 2.11. The first-order chi connectivity index (χ1) is 10.5. The van der Waals surface area contributed by atoms with Gasteiger partial charge in [0.15, 0.2) is 0 Å². The fourth-order valence-electron chi connectivity index (χ4n) is 1.82. The number of carbonyl (C=O) groups excluding carboxylic acids is 2. The summed E-state index contributed by atoms with van der Waals surface area (Å²) in [5, 5.41) is 16.6.